The molecule has 0 radical (unpaired) electrons. The summed E-state index contributed by atoms with van der Waals surface area (Å²) in [5.41, 5.74) is 3.09. The molecule has 2 rings (SSSR count). The largest absolute Gasteiger partial charge is 0.506 e. The van der Waals surface area contributed by atoms with Crippen LogP contribution in [0.4, 0.5) is 10.1 Å². The first kappa shape index (κ1) is 20.4. The minimum Gasteiger partial charge on any atom is -0.506 e. The molecule has 1 aromatic carbocycles. The number of benzene rings is 1. The Labute approximate surface area is 157 Å². The molecule has 0 aliphatic rings. The molecule has 1 amide bonds. The lowest BCUT2D eigenvalue weighted by Gasteiger charge is -2.16. The summed E-state index contributed by atoms with van der Waals surface area (Å²) < 4.78 is 14.7. The van der Waals surface area contributed by atoms with E-state index in [2.05, 4.69) is 10.3 Å². The van der Waals surface area contributed by atoms with Crippen molar-refractivity contribution in [3.05, 3.63) is 52.1 Å². The number of nitrogens with one attached hydrogen (secondary N) is 1. The summed E-state index contributed by atoms with van der Waals surface area (Å²) in [7, 11) is 0. The second-order valence-corrected chi connectivity index (χ2v) is 6.82. The summed E-state index contributed by atoms with van der Waals surface area (Å²) >= 11 is 0. The minimum atomic E-state index is -1.28. The molecular formula is C20H23FN2O4. The number of hydrogen-bond donors (Lipinski definition) is 3. The van der Waals surface area contributed by atoms with Gasteiger partial charge in [-0.15, -0.1) is 0 Å². The van der Waals surface area contributed by atoms with Gasteiger partial charge in [-0.1, -0.05) is 13.8 Å². The predicted molar refractivity (Wildman–Crippen MR) is 99.6 cm³/mol. The molecule has 0 fully saturated rings. The van der Waals surface area contributed by atoms with Crippen LogP contribution in [-0.2, 0) is 16.0 Å². The van der Waals surface area contributed by atoms with Crippen molar-refractivity contribution >= 4 is 17.6 Å². The molecule has 7 heteroatoms. The first-order valence-corrected chi connectivity index (χ1v) is 8.59. The van der Waals surface area contributed by atoms with Gasteiger partial charge in [-0.3, -0.25) is 14.6 Å². The van der Waals surface area contributed by atoms with Gasteiger partial charge in [0.1, 0.15) is 18.0 Å². The molecular weight excluding hydrogens is 351 g/mol. The standard InChI is InChI=1S/C20H23FN2O4/c1-10(2)20-16(24)6-5-13(22-20)8-14-11(3)7-15(19(21)12(14)4)23-17(25)9-18(26)27/h5-7,10,24H,8-9H2,1-4H3,(H,23,25)(H,26,27). The molecule has 2 aromatic rings. The van der Waals surface area contributed by atoms with Crippen molar-refractivity contribution in [1.82, 2.24) is 4.98 Å². The first-order chi connectivity index (χ1) is 12.6. The van der Waals surface area contributed by atoms with E-state index in [0.717, 1.165) is 11.1 Å². The van der Waals surface area contributed by atoms with Crippen molar-refractivity contribution in [2.24, 2.45) is 0 Å². The SMILES string of the molecule is Cc1cc(NC(=O)CC(=O)O)c(F)c(C)c1Cc1ccc(O)c(C(C)C)n1. The van der Waals surface area contributed by atoms with E-state index in [1.807, 2.05) is 13.8 Å². The summed E-state index contributed by atoms with van der Waals surface area (Å²) in [4.78, 5) is 26.7. The number of aryl methyl sites for hydroxylation is 1. The van der Waals surface area contributed by atoms with E-state index in [1.165, 1.54) is 6.07 Å². The summed E-state index contributed by atoms with van der Waals surface area (Å²) in [6.07, 6.45) is -0.355. The zero-order valence-electron chi connectivity index (χ0n) is 15.8. The highest BCUT2D eigenvalue weighted by atomic mass is 19.1. The molecule has 0 saturated heterocycles. The second kappa shape index (κ2) is 8.16. The molecule has 0 unspecified atom stereocenters. The van der Waals surface area contributed by atoms with Gasteiger partial charge < -0.3 is 15.5 Å². The van der Waals surface area contributed by atoms with Crippen LogP contribution >= 0.6 is 0 Å². The van der Waals surface area contributed by atoms with E-state index < -0.39 is 24.1 Å². The van der Waals surface area contributed by atoms with Crippen molar-refractivity contribution in [3.63, 3.8) is 0 Å². The number of carboxylic acids is 1. The normalized spacial score (nSPS) is 10.9. The number of aromatic nitrogens is 1. The Morgan fingerprint density at radius 1 is 1.26 bits per heavy atom. The number of nitrogens with zero attached hydrogens (tertiary/aromatic N) is 1. The summed E-state index contributed by atoms with van der Waals surface area (Å²) in [6.45, 7) is 7.25. The lowest BCUT2D eigenvalue weighted by atomic mass is 9.96. The Bertz CT molecular complexity index is 894. The fourth-order valence-electron chi connectivity index (χ4n) is 2.91. The maximum absolute atomic E-state index is 14.7. The molecule has 6 nitrogen and oxygen atoms in total. The van der Waals surface area contributed by atoms with Crippen LogP contribution in [0.15, 0.2) is 18.2 Å². The number of aliphatic carboxylic acids is 1. The van der Waals surface area contributed by atoms with Gasteiger partial charge in [-0.25, -0.2) is 4.39 Å². The maximum Gasteiger partial charge on any atom is 0.312 e. The third-order valence-corrected chi connectivity index (χ3v) is 4.31. The highest BCUT2D eigenvalue weighted by Gasteiger charge is 2.18. The van der Waals surface area contributed by atoms with Crippen molar-refractivity contribution in [1.29, 1.82) is 0 Å². The van der Waals surface area contributed by atoms with Crippen LogP contribution < -0.4 is 5.32 Å². The second-order valence-electron chi connectivity index (χ2n) is 6.82. The lowest BCUT2D eigenvalue weighted by Crippen LogP contribution is -2.17. The number of amides is 1. The molecule has 1 heterocycles. The monoisotopic (exact) mass is 374 g/mol. The Balaban J connectivity index is 2.34. The topological polar surface area (TPSA) is 99.5 Å². The molecule has 1 aromatic heterocycles. The van der Waals surface area contributed by atoms with Crippen molar-refractivity contribution in [2.75, 3.05) is 5.32 Å². The highest BCUT2D eigenvalue weighted by Crippen LogP contribution is 2.29. The van der Waals surface area contributed by atoms with Gasteiger partial charge in [0.05, 0.1) is 11.4 Å². The van der Waals surface area contributed by atoms with Crippen LogP contribution in [0.1, 0.15) is 54.3 Å². The fourth-order valence-corrected chi connectivity index (χ4v) is 2.91. The van der Waals surface area contributed by atoms with Gasteiger partial charge in [0, 0.05) is 12.1 Å². The Morgan fingerprint density at radius 3 is 2.52 bits per heavy atom. The average molecular weight is 374 g/mol. The number of pyridine rings is 1. The van der Waals surface area contributed by atoms with Gasteiger partial charge in [0.2, 0.25) is 5.91 Å². The van der Waals surface area contributed by atoms with E-state index in [0.29, 0.717) is 23.4 Å². The molecule has 0 aliphatic carbocycles. The van der Waals surface area contributed by atoms with E-state index in [1.54, 1.807) is 26.0 Å². The summed E-state index contributed by atoms with van der Waals surface area (Å²) in [5, 5.41) is 20.9. The maximum atomic E-state index is 14.7. The van der Waals surface area contributed by atoms with E-state index in [4.69, 9.17) is 5.11 Å². The zero-order valence-corrected chi connectivity index (χ0v) is 15.8. The lowest BCUT2D eigenvalue weighted by molar-refractivity contribution is -0.139. The fraction of sp³-hybridized carbons (Fsp3) is 0.350. The minimum absolute atomic E-state index is 0.0402. The summed E-state index contributed by atoms with van der Waals surface area (Å²) in [6, 6.07) is 4.76. The molecule has 3 N–H and O–H groups in total. The third-order valence-electron chi connectivity index (χ3n) is 4.31. The first-order valence-electron chi connectivity index (χ1n) is 8.59. The number of aromatic hydroxyl groups is 1. The Kier molecular flexibility index (Phi) is 6.15. The van der Waals surface area contributed by atoms with Gasteiger partial charge in [0.15, 0.2) is 0 Å². The molecule has 0 saturated carbocycles. The molecule has 27 heavy (non-hydrogen) atoms. The van der Waals surface area contributed by atoms with Crippen molar-refractivity contribution in [2.45, 2.75) is 46.5 Å². The number of carbonyl (C=O) groups excluding carboxylic acids is 1. The van der Waals surface area contributed by atoms with Crippen LogP contribution in [0.2, 0.25) is 0 Å². The zero-order chi connectivity index (χ0) is 20.3. The highest BCUT2D eigenvalue weighted by molar-refractivity contribution is 6.01. The number of carboxylic acid groups (broad SMARTS) is 1. The number of hydrogen-bond acceptors (Lipinski definition) is 4. The average Bonchev–Trinajstić information content (AvgIpc) is 2.56. The number of rotatable bonds is 6. The van der Waals surface area contributed by atoms with Gasteiger partial charge in [-0.2, -0.15) is 0 Å². The van der Waals surface area contributed by atoms with Crippen molar-refractivity contribution < 1.29 is 24.2 Å². The van der Waals surface area contributed by atoms with E-state index in [9.17, 15) is 19.1 Å². The van der Waals surface area contributed by atoms with Crippen LogP contribution in [0, 0.1) is 19.7 Å². The summed E-state index contributed by atoms with van der Waals surface area (Å²) in [5.74, 6) is -2.48. The predicted octanol–water partition coefficient (Wildman–Crippen LogP) is 3.67. The van der Waals surface area contributed by atoms with Gasteiger partial charge >= 0.3 is 5.97 Å². The van der Waals surface area contributed by atoms with Gasteiger partial charge in [0.25, 0.3) is 0 Å². The van der Waals surface area contributed by atoms with Crippen LogP contribution in [-0.4, -0.2) is 27.1 Å². The quantitative estimate of drug-likeness (QED) is 0.670. The Morgan fingerprint density at radius 2 is 1.93 bits per heavy atom. The van der Waals surface area contributed by atoms with Crippen LogP contribution in [0.25, 0.3) is 0 Å². The third kappa shape index (κ3) is 4.81. The van der Waals surface area contributed by atoms with Crippen molar-refractivity contribution in [3.8, 4) is 5.75 Å². The van der Waals surface area contributed by atoms with Gasteiger partial charge in [-0.05, 0) is 54.7 Å². The van der Waals surface area contributed by atoms with E-state index in [-0.39, 0.29) is 17.4 Å². The number of halogens is 1. The smallest absolute Gasteiger partial charge is 0.312 e. The van der Waals surface area contributed by atoms with Crippen LogP contribution in [0.3, 0.4) is 0 Å². The molecule has 0 bridgehead atoms. The molecule has 0 spiro atoms. The number of carbonyl (C=O) groups is 2. The molecule has 0 atom stereocenters. The number of anilines is 1. The Hall–Kier alpha value is -2.96. The molecule has 144 valence electrons. The van der Waals surface area contributed by atoms with Crippen LogP contribution in [0.5, 0.6) is 5.75 Å². The molecule has 0 aliphatic heterocycles. The van der Waals surface area contributed by atoms with E-state index >= 15 is 0 Å².